The number of methoxy groups -OCH3 is 4. The van der Waals surface area contributed by atoms with Crippen LogP contribution in [-0.2, 0) is 0 Å². The van der Waals surface area contributed by atoms with E-state index in [4.69, 9.17) is 18.9 Å². The summed E-state index contributed by atoms with van der Waals surface area (Å²) in [7, 11) is 6.18. The second-order valence-corrected chi connectivity index (χ2v) is 5.76. The number of hydrogen-bond donors (Lipinski definition) is 2. The number of rotatable bonds is 7. The number of fused-ring (bicyclic) bond motifs is 1. The Morgan fingerprint density at radius 1 is 0.964 bits per heavy atom. The van der Waals surface area contributed by atoms with Gasteiger partial charge in [0, 0.05) is 16.5 Å². The Morgan fingerprint density at radius 2 is 1.64 bits per heavy atom. The van der Waals surface area contributed by atoms with Gasteiger partial charge in [-0.1, -0.05) is 6.07 Å². The van der Waals surface area contributed by atoms with Crippen molar-refractivity contribution < 1.29 is 23.7 Å². The Balaban J connectivity index is 1.78. The van der Waals surface area contributed by atoms with Crippen LogP contribution >= 0.6 is 0 Å². The van der Waals surface area contributed by atoms with Gasteiger partial charge in [0.2, 0.25) is 5.75 Å². The van der Waals surface area contributed by atoms with E-state index in [1.807, 2.05) is 18.2 Å². The zero-order valence-corrected chi connectivity index (χ0v) is 16.0. The van der Waals surface area contributed by atoms with Gasteiger partial charge in [0.25, 0.3) is 5.91 Å². The lowest BCUT2D eigenvalue weighted by atomic mass is 10.2. The number of nitrogens with one attached hydrogen (secondary N) is 2. The van der Waals surface area contributed by atoms with E-state index < -0.39 is 0 Å². The molecule has 2 N–H and O–H groups in total. The third-order valence-electron chi connectivity index (χ3n) is 4.16. The first kappa shape index (κ1) is 19.1. The number of hydrazone groups is 1. The van der Waals surface area contributed by atoms with Crippen LogP contribution in [-0.4, -0.2) is 45.5 Å². The van der Waals surface area contributed by atoms with E-state index in [9.17, 15) is 4.79 Å². The molecule has 146 valence electrons. The van der Waals surface area contributed by atoms with Crippen molar-refractivity contribution >= 4 is 23.0 Å². The Bertz CT molecular complexity index is 1000. The molecule has 2 aromatic carbocycles. The van der Waals surface area contributed by atoms with E-state index in [0.29, 0.717) is 34.3 Å². The summed E-state index contributed by atoms with van der Waals surface area (Å²) in [6, 6.07) is 10.7. The Kier molecular flexibility index (Phi) is 5.69. The number of ether oxygens (including phenoxy) is 4. The van der Waals surface area contributed by atoms with Crippen molar-refractivity contribution in [3.63, 3.8) is 0 Å². The molecule has 0 aliphatic carbocycles. The third kappa shape index (κ3) is 3.71. The molecule has 1 amide bonds. The first-order valence-electron chi connectivity index (χ1n) is 8.40. The van der Waals surface area contributed by atoms with Crippen molar-refractivity contribution in [1.29, 1.82) is 0 Å². The van der Waals surface area contributed by atoms with Gasteiger partial charge in [-0.3, -0.25) is 4.79 Å². The molecule has 8 nitrogen and oxygen atoms in total. The fourth-order valence-electron chi connectivity index (χ4n) is 2.83. The molecule has 0 radical (unpaired) electrons. The summed E-state index contributed by atoms with van der Waals surface area (Å²) in [5.41, 5.74) is 4.35. The van der Waals surface area contributed by atoms with Crippen LogP contribution in [0.25, 0.3) is 10.9 Å². The second kappa shape index (κ2) is 8.34. The van der Waals surface area contributed by atoms with E-state index in [-0.39, 0.29) is 5.91 Å². The Hall–Kier alpha value is -3.68. The lowest BCUT2D eigenvalue weighted by Crippen LogP contribution is -2.17. The predicted octanol–water partition coefficient (Wildman–Crippen LogP) is 2.97. The van der Waals surface area contributed by atoms with Crippen LogP contribution in [0.4, 0.5) is 0 Å². The molecule has 0 aliphatic heterocycles. The molecule has 0 spiro atoms. The van der Waals surface area contributed by atoms with Crippen LogP contribution in [0.2, 0.25) is 0 Å². The lowest BCUT2D eigenvalue weighted by Gasteiger charge is -2.12. The smallest absolute Gasteiger partial charge is 0.287 e. The maximum absolute atomic E-state index is 12.4. The fourth-order valence-corrected chi connectivity index (χ4v) is 2.83. The average molecular weight is 383 g/mol. The van der Waals surface area contributed by atoms with Crippen molar-refractivity contribution in [2.75, 3.05) is 28.4 Å². The second-order valence-electron chi connectivity index (χ2n) is 5.76. The summed E-state index contributed by atoms with van der Waals surface area (Å²) in [5.74, 6) is 1.79. The normalized spacial score (nSPS) is 10.9. The van der Waals surface area contributed by atoms with Gasteiger partial charge in [-0.15, -0.1) is 0 Å². The third-order valence-corrected chi connectivity index (χ3v) is 4.16. The number of H-pyrrole nitrogens is 1. The van der Waals surface area contributed by atoms with E-state index in [0.717, 1.165) is 10.9 Å². The molecule has 0 atom stereocenters. The molecule has 3 rings (SSSR count). The van der Waals surface area contributed by atoms with Crippen LogP contribution in [0.15, 0.2) is 41.5 Å². The summed E-state index contributed by atoms with van der Waals surface area (Å²) in [6.07, 6.45) is 1.49. The van der Waals surface area contributed by atoms with Gasteiger partial charge in [0.15, 0.2) is 11.5 Å². The molecule has 0 fully saturated rings. The quantitative estimate of drug-likeness (QED) is 0.483. The maximum atomic E-state index is 12.4. The molecule has 0 bridgehead atoms. The molecule has 1 heterocycles. The van der Waals surface area contributed by atoms with Crippen LogP contribution in [0.3, 0.4) is 0 Å². The topological polar surface area (TPSA) is 94.2 Å². The monoisotopic (exact) mass is 383 g/mol. The summed E-state index contributed by atoms with van der Waals surface area (Å²) in [4.78, 5) is 15.4. The van der Waals surface area contributed by atoms with Gasteiger partial charge in [-0.25, -0.2) is 5.43 Å². The number of carbonyl (C=O) groups excluding carboxylic acids is 1. The van der Waals surface area contributed by atoms with Crippen LogP contribution in [0, 0.1) is 0 Å². The van der Waals surface area contributed by atoms with Crippen LogP contribution in [0.1, 0.15) is 16.1 Å². The highest BCUT2D eigenvalue weighted by Crippen LogP contribution is 2.37. The summed E-state index contributed by atoms with van der Waals surface area (Å²) >= 11 is 0. The summed E-state index contributed by atoms with van der Waals surface area (Å²) in [6.45, 7) is 0. The van der Waals surface area contributed by atoms with E-state index in [1.165, 1.54) is 27.5 Å². The van der Waals surface area contributed by atoms with E-state index >= 15 is 0 Å². The number of benzene rings is 2. The summed E-state index contributed by atoms with van der Waals surface area (Å²) in [5, 5.41) is 4.83. The number of aromatic nitrogens is 1. The number of nitrogens with zero attached hydrogens (tertiary/aromatic N) is 1. The minimum absolute atomic E-state index is 0.373. The highest BCUT2D eigenvalue weighted by atomic mass is 16.5. The van der Waals surface area contributed by atoms with Gasteiger partial charge >= 0.3 is 0 Å². The molecule has 28 heavy (non-hydrogen) atoms. The summed E-state index contributed by atoms with van der Waals surface area (Å²) < 4.78 is 21.2. The number of hydrogen-bond acceptors (Lipinski definition) is 6. The first-order valence-corrected chi connectivity index (χ1v) is 8.40. The molecular weight excluding hydrogens is 362 g/mol. The molecular formula is C20H21N3O5. The van der Waals surface area contributed by atoms with Crippen LogP contribution < -0.4 is 24.4 Å². The molecule has 0 saturated heterocycles. The van der Waals surface area contributed by atoms with Gasteiger partial charge in [0.1, 0.15) is 11.4 Å². The molecule has 0 aliphatic rings. The SMILES string of the molecule is COc1cc(/C=N\NC(=O)c2cc3c(OC)cccc3[nH]2)cc(OC)c1OC. The maximum Gasteiger partial charge on any atom is 0.287 e. The van der Waals surface area contributed by atoms with Crippen LogP contribution in [0.5, 0.6) is 23.0 Å². The lowest BCUT2D eigenvalue weighted by molar-refractivity contribution is 0.0951. The average Bonchev–Trinajstić information content (AvgIpc) is 3.17. The first-order chi connectivity index (χ1) is 13.6. The molecule has 0 unspecified atom stereocenters. The minimum Gasteiger partial charge on any atom is -0.496 e. The zero-order chi connectivity index (χ0) is 20.1. The highest BCUT2D eigenvalue weighted by Gasteiger charge is 2.13. The fraction of sp³-hybridized carbons (Fsp3) is 0.200. The number of carbonyl (C=O) groups is 1. The molecule has 1 aromatic heterocycles. The Labute approximate surface area is 162 Å². The minimum atomic E-state index is -0.373. The Morgan fingerprint density at radius 3 is 2.25 bits per heavy atom. The number of aromatic amines is 1. The van der Waals surface area contributed by atoms with E-state index in [2.05, 4.69) is 15.5 Å². The highest BCUT2D eigenvalue weighted by molar-refractivity contribution is 6.00. The van der Waals surface area contributed by atoms with Gasteiger partial charge in [0.05, 0.1) is 34.7 Å². The zero-order valence-electron chi connectivity index (χ0n) is 16.0. The van der Waals surface area contributed by atoms with Gasteiger partial charge in [-0.05, 0) is 30.3 Å². The van der Waals surface area contributed by atoms with Crippen molar-refractivity contribution in [3.8, 4) is 23.0 Å². The predicted molar refractivity (Wildman–Crippen MR) is 106 cm³/mol. The van der Waals surface area contributed by atoms with Crippen molar-refractivity contribution in [1.82, 2.24) is 10.4 Å². The van der Waals surface area contributed by atoms with Crippen molar-refractivity contribution in [3.05, 3.63) is 47.7 Å². The number of amides is 1. The van der Waals surface area contributed by atoms with Gasteiger partial charge in [-0.2, -0.15) is 5.10 Å². The van der Waals surface area contributed by atoms with Crippen molar-refractivity contribution in [2.45, 2.75) is 0 Å². The standard InChI is InChI=1S/C20H21N3O5/c1-25-16-7-5-6-14-13(16)10-15(22-14)20(24)23-21-11-12-8-17(26-2)19(28-4)18(9-12)27-3/h5-11,22H,1-4H3,(H,23,24)/b21-11-. The largest absolute Gasteiger partial charge is 0.496 e. The van der Waals surface area contributed by atoms with Gasteiger partial charge < -0.3 is 23.9 Å². The molecule has 8 heteroatoms. The molecule has 0 saturated carbocycles. The van der Waals surface area contributed by atoms with Crippen molar-refractivity contribution in [2.24, 2.45) is 5.10 Å². The molecule has 3 aromatic rings. The van der Waals surface area contributed by atoms with E-state index in [1.54, 1.807) is 25.3 Å².